The average Bonchev–Trinajstić information content (AvgIpc) is 2.36. The van der Waals surface area contributed by atoms with Crippen LogP contribution in [0.2, 0.25) is 10.0 Å². The number of hydrogen-bond donors (Lipinski definition) is 1. The molecule has 20 heavy (non-hydrogen) atoms. The van der Waals surface area contributed by atoms with Crippen molar-refractivity contribution in [3.8, 4) is 0 Å². The maximum atomic E-state index is 13.2. The van der Waals surface area contributed by atoms with E-state index in [1.165, 1.54) is 18.2 Å². The second-order valence-electron chi connectivity index (χ2n) is 5.21. The van der Waals surface area contributed by atoms with Crippen molar-refractivity contribution in [1.82, 2.24) is 0 Å². The first-order valence-electron chi connectivity index (χ1n) is 6.26. The van der Waals surface area contributed by atoms with Crippen LogP contribution in [-0.2, 0) is 12.8 Å². The van der Waals surface area contributed by atoms with E-state index in [-0.39, 0.29) is 12.2 Å². The van der Waals surface area contributed by atoms with E-state index in [4.69, 9.17) is 23.2 Å². The Balaban J connectivity index is 2.14. The van der Waals surface area contributed by atoms with Crippen molar-refractivity contribution in [1.29, 1.82) is 0 Å². The number of halogens is 3. The zero-order chi connectivity index (χ0) is 14.8. The summed E-state index contributed by atoms with van der Waals surface area (Å²) >= 11 is 11.9. The van der Waals surface area contributed by atoms with Crippen LogP contribution in [-0.4, -0.2) is 10.7 Å². The van der Waals surface area contributed by atoms with Gasteiger partial charge in [-0.3, -0.25) is 0 Å². The van der Waals surface area contributed by atoms with E-state index in [1.807, 2.05) is 12.1 Å². The van der Waals surface area contributed by atoms with Crippen LogP contribution in [0.4, 0.5) is 4.39 Å². The Morgan fingerprint density at radius 2 is 1.70 bits per heavy atom. The molecule has 1 nitrogen and oxygen atoms in total. The van der Waals surface area contributed by atoms with Gasteiger partial charge in [0.2, 0.25) is 0 Å². The quantitative estimate of drug-likeness (QED) is 0.870. The molecule has 2 rings (SSSR count). The van der Waals surface area contributed by atoms with Gasteiger partial charge in [-0.25, -0.2) is 4.39 Å². The van der Waals surface area contributed by atoms with Gasteiger partial charge in [0.25, 0.3) is 0 Å². The van der Waals surface area contributed by atoms with Gasteiger partial charge in [-0.2, -0.15) is 0 Å². The molecule has 0 aliphatic carbocycles. The van der Waals surface area contributed by atoms with Gasteiger partial charge in [0, 0.05) is 22.9 Å². The maximum absolute atomic E-state index is 13.2. The Labute approximate surface area is 128 Å². The van der Waals surface area contributed by atoms with Crippen LogP contribution in [0.25, 0.3) is 0 Å². The maximum Gasteiger partial charge on any atom is 0.123 e. The van der Waals surface area contributed by atoms with Gasteiger partial charge >= 0.3 is 0 Å². The van der Waals surface area contributed by atoms with E-state index in [9.17, 15) is 9.50 Å². The van der Waals surface area contributed by atoms with E-state index in [0.717, 1.165) is 5.56 Å². The van der Waals surface area contributed by atoms with Crippen LogP contribution < -0.4 is 0 Å². The largest absolute Gasteiger partial charge is 0.389 e. The van der Waals surface area contributed by atoms with Gasteiger partial charge in [-0.05, 0) is 48.4 Å². The molecule has 106 valence electrons. The number of aliphatic hydroxyl groups is 1. The number of benzene rings is 2. The molecule has 0 radical (unpaired) electrons. The molecule has 1 atom stereocenters. The number of hydrogen-bond acceptors (Lipinski definition) is 1. The minimum absolute atomic E-state index is 0.284. The van der Waals surface area contributed by atoms with E-state index in [0.29, 0.717) is 22.0 Å². The molecule has 0 heterocycles. The van der Waals surface area contributed by atoms with Gasteiger partial charge in [-0.1, -0.05) is 35.3 Å². The van der Waals surface area contributed by atoms with Crippen molar-refractivity contribution in [2.45, 2.75) is 25.4 Å². The van der Waals surface area contributed by atoms with Crippen molar-refractivity contribution >= 4 is 23.2 Å². The van der Waals surface area contributed by atoms with E-state index in [1.54, 1.807) is 19.1 Å². The number of rotatable bonds is 4. The van der Waals surface area contributed by atoms with Crippen LogP contribution >= 0.6 is 23.2 Å². The highest BCUT2D eigenvalue weighted by atomic mass is 35.5. The second-order valence-corrected chi connectivity index (χ2v) is 6.06. The molecular weight excluding hydrogens is 298 g/mol. The van der Waals surface area contributed by atoms with E-state index < -0.39 is 5.60 Å². The smallest absolute Gasteiger partial charge is 0.123 e. The summed E-state index contributed by atoms with van der Waals surface area (Å²) in [4.78, 5) is 0. The lowest BCUT2D eigenvalue weighted by molar-refractivity contribution is 0.0608. The first-order valence-corrected chi connectivity index (χ1v) is 7.02. The third-order valence-electron chi connectivity index (χ3n) is 3.08. The lowest BCUT2D eigenvalue weighted by Crippen LogP contribution is -2.30. The highest BCUT2D eigenvalue weighted by Crippen LogP contribution is 2.25. The van der Waals surface area contributed by atoms with Crippen molar-refractivity contribution in [2.75, 3.05) is 0 Å². The summed E-state index contributed by atoms with van der Waals surface area (Å²) < 4.78 is 13.2. The standard InChI is InChI=1S/C16H15Cl2FO/c1-16(20,9-11-2-4-13(17)5-3-11)10-12-8-14(19)6-7-15(12)18/h2-8,20H,9-10H2,1H3. The highest BCUT2D eigenvalue weighted by molar-refractivity contribution is 6.31. The Morgan fingerprint density at radius 3 is 2.35 bits per heavy atom. The fourth-order valence-corrected chi connectivity index (χ4v) is 2.50. The molecule has 0 saturated heterocycles. The summed E-state index contributed by atoms with van der Waals surface area (Å²) in [6.07, 6.45) is 0.725. The molecule has 0 aliphatic rings. The second kappa shape index (κ2) is 6.13. The molecule has 0 bridgehead atoms. The highest BCUT2D eigenvalue weighted by Gasteiger charge is 2.23. The average molecular weight is 313 g/mol. The van der Waals surface area contributed by atoms with Crippen LogP contribution in [0.15, 0.2) is 42.5 Å². The van der Waals surface area contributed by atoms with Gasteiger partial charge in [0.15, 0.2) is 0 Å². The van der Waals surface area contributed by atoms with Gasteiger partial charge in [0.05, 0.1) is 5.60 Å². The molecule has 1 unspecified atom stereocenters. The molecular formula is C16H15Cl2FO. The van der Waals surface area contributed by atoms with E-state index >= 15 is 0 Å². The molecule has 0 saturated carbocycles. The summed E-state index contributed by atoms with van der Waals surface area (Å²) in [5, 5.41) is 11.6. The molecule has 0 aromatic heterocycles. The normalized spacial score (nSPS) is 14.1. The van der Waals surface area contributed by atoms with Crippen LogP contribution in [0.3, 0.4) is 0 Å². The molecule has 1 N–H and O–H groups in total. The summed E-state index contributed by atoms with van der Waals surface area (Å²) in [5.41, 5.74) is 0.559. The monoisotopic (exact) mass is 312 g/mol. The first kappa shape index (κ1) is 15.3. The molecule has 4 heteroatoms. The Kier molecular flexibility index (Phi) is 4.69. The van der Waals surface area contributed by atoms with Crippen molar-refractivity contribution in [3.63, 3.8) is 0 Å². The minimum Gasteiger partial charge on any atom is -0.389 e. The van der Waals surface area contributed by atoms with Crippen LogP contribution in [0, 0.1) is 5.82 Å². The lowest BCUT2D eigenvalue weighted by atomic mass is 9.90. The van der Waals surface area contributed by atoms with Gasteiger partial charge in [-0.15, -0.1) is 0 Å². The van der Waals surface area contributed by atoms with Crippen LogP contribution in [0.1, 0.15) is 18.1 Å². The minimum atomic E-state index is -1.01. The Bertz CT molecular complexity index is 594. The van der Waals surface area contributed by atoms with Crippen LogP contribution in [0.5, 0.6) is 0 Å². The molecule has 2 aromatic rings. The molecule has 2 aromatic carbocycles. The molecule has 0 fully saturated rings. The molecule has 0 spiro atoms. The van der Waals surface area contributed by atoms with Gasteiger partial charge < -0.3 is 5.11 Å². The molecule has 0 aliphatic heterocycles. The molecule has 0 amide bonds. The SMILES string of the molecule is CC(O)(Cc1ccc(Cl)cc1)Cc1cc(F)ccc1Cl. The van der Waals surface area contributed by atoms with Gasteiger partial charge in [0.1, 0.15) is 5.82 Å². The fourth-order valence-electron chi connectivity index (χ4n) is 2.19. The topological polar surface area (TPSA) is 20.2 Å². The Morgan fingerprint density at radius 1 is 1.05 bits per heavy atom. The predicted octanol–water partition coefficient (Wildman–Crippen LogP) is 4.67. The lowest BCUT2D eigenvalue weighted by Gasteiger charge is -2.24. The summed E-state index contributed by atoms with van der Waals surface area (Å²) in [6, 6.07) is 11.5. The van der Waals surface area contributed by atoms with Crippen molar-refractivity contribution in [3.05, 3.63) is 69.5 Å². The van der Waals surface area contributed by atoms with Crippen molar-refractivity contribution in [2.24, 2.45) is 0 Å². The van der Waals surface area contributed by atoms with E-state index in [2.05, 4.69) is 0 Å². The zero-order valence-electron chi connectivity index (χ0n) is 11.0. The summed E-state index contributed by atoms with van der Waals surface area (Å²) in [5.74, 6) is -0.355. The Hall–Kier alpha value is -1.09. The summed E-state index contributed by atoms with van der Waals surface area (Å²) in [6.45, 7) is 1.71. The third kappa shape index (κ3) is 4.20. The fraction of sp³-hybridized carbons (Fsp3) is 0.250. The zero-order valence-corrected chi connectivity index (χ0v) is 12.5. The summed E-state index contributed by atoms with van der Waals surface area (Å²) in [7, 11) is 0. The van der Waals surface area contributed by atoms with Crippen molar-refractivity contribution < 1.29 is 9.50 Å². The predicted molar refractivity (Wildman–Crippen MR) is 80.9 cm³/mol. The third-order valence-corrected chi connectivity index (χ3v) is 3.70. The first-order chi connectivity index (χ1) is 9.35.